The number of hydrogen-bond acceptors (Lipinski definition) is 8. The van der Waals surface area contributed by atoms with Gasteiger partial charge in [0.2, 0.25) is 5.91 Å². The Hall–Kier alpha value is -3.34. The van der Waals surface area contributed by atoms with E-state index in [2.05, 4.69) is 9.69 Å². The number of nitrogens with one attached hydrogen (secondary N) is 1. The third-order valence-corrected chi connectivity index (χ3v) is 5.97. The van der Waals surface area contributed by atoms with Crippen LogP contribution in [0, 0.1) is 0 Å². The van der Waals surface area contributed by atoms with Crippen molar-refractivity contribution in [3.05, 3.63) is 28.8 Å². The van der Waals surface area contributed by atoms with Gasteiger partial charge in [0, 0.05) is 17.3 Å². The van der Waals surface area contributed by atoms with Crippen molar-refractivity contribution in [2.45, 2.75) is 58.5 Å². The molecule has 0 saturated carbocycles. The highest BCUT2D eigenvalue weighted by molar-refractivity contribution is 7.09. The number of carbonyl (C=O) groups is 3. The van der Waals surface area contributed by atoms with Gasteiger partial charge in [-0.15, -0.1) is 0 Å². The minimum Gasteiger partial charge on any atom is -0.486 e. The number of fused-ring (bicyclic) bond motifs is 1. The van der Waals surface area contributed by atoms with Gasteiger partial charge >= 0.3 is 0 Å². The third-order valence-electron chi connectivity index (χ3n) is 5.12. The number of nitrogens with zero attached hydrogens (tertiary/aromatic N) is 2. The molecule has 2 heterocycles. The normalized spacial score (nSPS) is 13.8. The van der Waals surface area contributed by atoms with Crippen LogP contribution in [0.5, 0.6) is 11.5 Å². The molecule has 2 aromatic rings. The first-order valence-corrected chi connectivity index (χ1v) is 11.9. The van der Waals surface area contributed by atoms with E-state index < -0.39 is 23.4 Å². The van der Waals surface area contributed by atoms with E-state index in [0.29, 0.717) is 43.2 Å². The zero-order chi connectivity index (χ0) is 25.0. The minimum absolute atomic E-state index is 0.0359. The summed E-state index contributed by atoms with van der Waals surface area (Å²) in [4.78, 5) is 40.4. The van der Waals surface area contributed by atoms with Crippen LogP contribution in [0.4, 0.5) is 11.4 Å². The lowest BCUT2D eigenvalue weighted by molar-refractivity contribution is -0.123. The van der Waals surface area contributed by atoms with Crippen molar-refractivity contribution in [2.75, 3.05) is 23.8 Å². The molecule has 10 nitrogen and oxygen atoms in total. The highest BCUT2D eigenvalue weighted by Crippen LogP contribution is 2.36. The Balaban J connectivity index is 2.12. The van der Waals surface area contributed by atoms with Gasteiger partial charge in [-0.2, -0.15) is 4.37 Å². The van der Waals surface area contributed by atoms with Crippen LogP contribution >= 0.6 is 11.5 Å². The van der Waals surface area contributed by atoms with Crippen molar-refractivity contribution >= 4 is 40.6 Å². The number of rotatable bonds is 8. The maximum Gasteiger partial charge on any atom is 0.272 e. The Kier molecular flexibility index (Phi) is 7.65. The molecule has 1 aliphatic rings. The van der Waals surface area contributed by atoms with Crippen LogP contribution in [0.15, 0.2) is 18.2 Å². The van der Waals surface area contributed by atoms with E-state index >= 15 is 0 Å². The van der Waals surface area contributed by atoms with Crippen molar-refractivity contribution in [1.82, 2.24) is 9.69 Å². The number of amides is 3. The summed E-state index contributed by atoms with van der Waals surface area (Å²) in [7, 11) is 0. The average Bonchev–Trinajstić information content (AvgIpc) is 3.16. The lowest BCUT2D eigenvalue weighted by Gasteiger charge is -2.34. The number of anilines is 2. The highest BCUT2D eigenvalue weighted by atomic mass is 32.1. The average molecular weight is 490 g/mol. The smallest absolute Gasteiger partial charge is 0.272 e. The summed E-state index contributed by atoms with van der Waals surface area (Å²) in [6.07, 6.45) is 1.96. The zero-order valence-electron chi connectivity index (χ0n) is 19.8. The first-order chi connectivity index (χ1) is 16.0. The molecular weight excluding hydrogens is 458 g/mol. The van der Waals surface area contributed by atoms with Crippen LogP contribution in [0.2, 0.25) is 0 Å². The second kappa shape index (κ2) is 10.3. The third kappa shape index (κ3) is 5.58. The SMILES string of the molecule is CCCCC(C(=O)NC(C)(C)C)N(C(=O)c1snc(C(N)=O)c1N)c1ccc2c(c1)OCCO2. The fourth-order valence-corrected chi connectivity index (χ4v) is 4.33. The second-order valence-electron chi connectivity index (χ2n) is 9.04. The molecular formula is C23H31N5O5S. The summed E-state index contributed by atoms with van der Waals surface area (Å²) >= 11 is 0.776. The molecule has 1 unspecified atom stereocenters. The Morgan fingerprint density at radius 2 is 1.88 bits per heavy atom. The Bertz CT molecular complexity index is 1080. The summed E-state index contributed by atoms with van der Waals surface area (Å²) in [5.74, 6) is -0.652. The van der Waals surface area contributed by atoms with E-state index in [-0.39, 0.29) is 22.2 Å². The Labute approximate surface area is 202 Å². The van der Waals surface area contributed by atoms with Crippen molar-refractivity contribution in [2.24, 2.45) is 5.73 Å². The summed E-state index contributed by atoms with van der Waals surface area (Å²) < 4.78 is 15.3. The molecule has 11 heteroatoms. The van der Waals surface area contributed by atoms with Crippen LogP contribution in [0.25, 0.3) is 0 Å². The Morgan fingerprint density at radius 3 is 2.47 bits per heavy atom. The molecule has 5 N–H and O–H groups in total. The van der Waals surface area contributed by atoms with Gasteiger partial charge in [-0.05, 0) is 50.9 Å². The van der Waals surface area contributed by atoms with Crippen molar-refractivity contribution in [3.63, 3.8) is 0 Å². The van der Waals surface area contributed by atoms with E-state index in [4.69, 9.17) is 20.9 Å². The molecule has 1 aliphatic heterocycles. The molecule has 0 radical (unpaired) electrons. The van der Waals surface area contributed by atoms with Gasteiger partial charge in [-0.3, -0.25) is 19.3 Å². The molecule has 1 aromatic heterocycles. The van der Waals surface area contributed by atoms with Crippen LogP contribution in [0.3, 0.4) is 0 Å². The summed E-state index contributed by atoms with van der Waals surface area (Å²) in [6, 6.07) is 4.23. The number of unbranched alkanes of at least 4 members (excludes halogenated alkanes) is 1. The maximum atomic E-state index is 13.9. The lowest BCUT2D eigenvalue weighted by Crippen LogP contribution is -2.54. The zero-order valence-corrected chi connectivity index (χ0v) is 20.7. The van der Waals surface area contributed by atoms with Crippen LogP contribution in [-0.4, -0.2) is 46.9 Å². The van der Waals surface area contributed by atoms with E-state index in [0.717, 1.165) is 18.0 Å². The molecule has 1 atom stereocenters. The van der Waals surface area contributed by atoms with Gasteiger partial charge in [-0.1, -0.05) is 19.8 Å². The quantitative estimate of drug-likeness (QED) is 0.516. The number of ether oxygens (including phenoxy) is 2. The first-order valence-electron chi connectivity index (χ1n) is 11.1. The van der Waals surface area contributed by atoms with Crippen molar-refractivity contribution in [1.29, 1.82) is 0 Å². The standard InChI is InChI=1S/C23H31N5O5S/c1-5-6-7-14(21(30)26-23(2,3)4)28(13-8-9-15-16(12-13)33-11-10-32-15)22(31)19-17(24)18(20(25)29)27-34-19/h8-9,12,14H,5-7,10-11,24H2,1-4H3,(H2,25,29)(H,26,30). The molecule has 0 bridgehead atoms. The van der Waals surface area contributed by atoms with Crippen molar-refractivity contribution in [3.8, 4) is 11.5 Å². The van der Waals surface area contributed by atoms with E-state index in [9.17, 15) is 14.4 Å². The van der Waals surface area contributed by atoms with Gasteiger partial charge in [0.05, 0.1) is 5.69 Å². The molecule has 1 aromatic carbocycles. The number of carbonyl (C=O) groups excluding carboxylic acids is 3. The summed E-state index contributed by atoms with van der Waals surface area (Å²) in [6.45, 7) is 8.43. The van der Waals surface area contributed by atoms with Gasteiger partial charge in [0.15, 0.2) is 17.2 Å². The number of primary amides is 1. The molecule has 0 fully saturated rings. The molecule has 34 heavy (non-hydrogen) atoms. The minimum atomic E-state index is -0.840. The largest absolute Gasteiger partial charge is 0.486 e. The number of nitrogens with two attached hydrogens (primary N) is 2. The van der Waals surface area contributed by atoms with E-state index in [1.165, 1.54) is 4.90 Å². The predicted molar refractivity (Wildman–Crippen MR) is 130 cm³/mol. The van der Waals surface area contributed by atoms with Gasteiger partial charge in [-0.25, -0.2) is 0 Å². The van der Waals surface area contributed by atoms with Gasteiger partial charge in [0.25, 0.3) is 11.8 Å². The topological polar surface area (TPSA) is 150 Å². The molecule has 0 spiro atoms. The molecule has 3 amide bonds. The maximum absolute atomic E-state index is 13.9. The Morgan fingerprint density at radius 1 is 1.21 bits per heavy atom. The highest BCUT2D eigenvalue weighted by Gasteiger charge is 2.36. The van der Waals surface area contributed by atoms with E-state index in [1.807, 2.05) is 27.7 Å². The van der Waals surface area contributed by atoms with Crippen molar-refractivity contribution < 1.29 is 23.9 Å². The van der Waals surface area contributed by atoms with Crippen LogP contribution < -0.4 is 31.2 Å². The molecule has 0 aliphatic carbocycles. The van der Waals surface area contributed by atoms with E-state index in [1.54, 1.807) is 18.2 Å². The predicted octanol–water partition coefficient (Wildman–Crippen LogP) is 2.72. The van der Waals surface area contributed by atoms with Crippen LogP contribution in [-0.2, 0) is 4.79 Å². The number of aromatic nitrogens is 1. The van der Waals surface area contributed by atoms with Gasteiger partial charge in [0.1, 0.15) is 24.1 Å². The fourth-order valence-electron chi connectivity index (χ4n) is 3.59. The second-order valence-corrected chi connectivity index (χ2v) is 9.81. The number of nitrogen functional groups attached to an aromatic ring is 1. The fraction of sp³-hybridized carbons (Fsp3) is 0.478. The number of hydrogen-bond donors (Lipinski definition) is 3. The molecule has 3 rings (SSSR count). The lowest BCUT2D eigenvalue weighted by atomic mass is 10.0. The summed E-state index contributed by atoms with van der Waals surface area (Å²) in [5, 5.41) is 2.98. The molecule has 0 saturated heterocycles. The van der Waals surface area contributed by atoms with Gasteiger partial charge < -0.3 is 26.3 Å². The number of benzene rings is 1. The summed E-state index contributed by atoms with van der Waals surface area (Å²) in [5.41, 5.74) is 11.1. The van der Waals surface area contributed by atoms with Crippen LogP contribution in [0.1, 0.15) is 67.1 Å². The monoisotopic (exact) mass is 489 g/mol. The first kappa shape index (κ1) is 25.3. The molecule has 184 valence electrons.